The molecule has 0 aromatic carbocycles. The van der Waals surface area contributed by atoms with E-state index < -0.39 is 0 Å². The molecule has 2 N–H and O–H groups in total. The lowest BCUT2D eigenvalue weighted by Gasteiger charge is -2.61. The van der Waals surface area contributed by atoms with Crippen LogP contribution < -0.4 is 5.32 Å². The number of fused-ring (bicyclic) bond motifs is 5. The smallest absolute Gasteiger partial charge is 0.220 e. The standard InChI is InChI=1S/C20H29NO3/c1-19-10-12(11-22)17(23)9-13(19)3-4-14-15(19)7-8-20(2)16(14)5-6-18(24)21-20/h11,13-16,22H,3-10H2,1-2H3,(H,21,24)/b12-11-/t13-,14?,15?,16?,19+,20+/m1/s1. The maximum absolute atomic E-state index is 12.2. The summed E-state index contributed by atoms with van der Waals surface area (Å²) in [6.45, 7) is 4.59. The zero-order chi connectivity index (χ0) is 17.1. The molecule has 4 heteroatoms. The minimum Gasteiger partial charge on any atom is -0.515 e. The van der Waals surface area contributed by atoms with Crippen molar-refractivity contribution in [3.63, 3.8) is 0 Å². The third-order valence-corrected chi connectivity index (χ3v) is 8.08. The molecule has 4 nitrogen and oxygen atoms in total. The molecule has 0 radical (unpaired) electrons. The number of aliphatic hydroxyl groups excluding tert-OH is 1. The first-order valence-electron chi connectivity index (χ1n) is 9.55. The number of Topliss-reactive ketones (excluding diaryl/α,β-unsaturated/α-hetero) is 1. The average molecular weight is 331 g/mol. The van der Waals surface area contributed by atoms with Crippen LogP contribution in [0, 0.1) is 29.1 Å². The third kappa shape index (κ3) is 2.18. The van der Waals surface area contributed by atoms with Crippen LogP contribution >= 0.6 is 0 Å². The van der Waals surface area contributed by atoms with Gasteiger partial charge in [-0.15, -0.1) is 0 Å². The van der Waals surface area contributed by atoms with Crippen molar-refractivity contribution >= 4 is 11.7 Å². The van der Waals surface area contributed by atoms with Gasteiger partial charge >= 0.3 is 0 Å². The van der Waals surface area contributed by atoms with Crippen molar-refractivity contribution in [2.75, 3.05) is 0 Å². The Balaban J connectivity index is 1.65. The fraction of sp³-hybridized carbons (Fsp3) is 0.800. The lowest BCUT2D eigenvalue weighted by atomic mass is 9.45. The summed E-state index contributed by atoms with van der Waals surface area (Å²) < 4.78 is 0. The molecule has 3 saturated carbocycles. The molecule has 6 atom stereocenters. The van der Waals surface area contributed by atoms with Gasteiger partial charge < -0.3 is 10.4 Å². The molecule has 1 heterocycles. The summed E-state index contributed by atoms with van der Waals surface area (Å²) in [4.78, 5) is 24.1. The van der Waals surface area contributed by atoms with Crippen molar-refractivity contribution in [1.82, 2.24) is 5.32 Å². The number of hydrogen-bond acceptors (Lipinski definition) is 3. The molecule has 132 valence electrons. The van der Waals surface area contributed by atoms with Crippen LogP contribution in [0.4, 0.5) is 0 Å². The zero-order valence-corrected chi connectivity index (χ0v) is 14.8. The van der Waals surface area contributed by atoms with Crippen LogP contribution in [-0.4, -0.2) is 22.3 Å². The second-order valence-electron chi connectivity index (χ2n) is 9.16. The highest BCUT2D eigenvalue weighted by atomic mass is 16.2. The minimum absolute atomic E-state index is 0.0418. The Hall–Kier alpha value is -1.32. The van der Waals surface area contributed by atoms with Gasteiger partial charge in [0.2, 0.25) is 5.91 Å². The van der Waals surface area contributed by atoms with Crippen molar-refractivity contribution in [3.05, 3.63) is 11.8 Å². The summed E-state index contributed by atoms with van der Waals surface area (Å²) in [7, 11) is 0. The predicted octanol–water partition coefficient (Wildman–Crippen LogP) is 3.52. The van der Waals surface area contributed by atoms with E-state index in [2.05, 4.69) is 19.2 Å². The Morgan fingerprint density at radius 2 is 1.92 bits per heavy atom. The molecule has 4 rings (SSSR count). The van der Waals surface area contributed by atoms with Gasteiger partial charge in [-0.1, -0.05) is 6.92 Å². The van der Waals surface area contributed by atoms with Crippen LogP contribution in [0.3, 0.4) is 0 Å². The van der Waals surface area contributed by atoms with E-state index in [1.165, 1.54) is 6.42 Å². The molecule has 1 aliphatic heterocycles. The number of nitrogens with one attached hydrogen (secondary N) is 1. The van der Waals surface area contributed by atoms with Gasteiger partial charge in [0.1, 0.15) is 0 Å². The van der Waals surface area contributed by atoms with Crippen LogP contribution in [0.15, 0.2) is 11.8 Å². The molecule has 3 aliphatic carbocycles. The van der Waals surface area contributed by atoms with Crippen LogP contribution in [-0.2, 0) is 9.59 Å². The molecular formula is C20H29NO3. The SMILES string of the molecule is C[C@]12CCC3C(CC[C@@H]4CC(=O)/C(=C\O)C[C@]34C)C1CCC(=O)N2. The Labute approximate surface area is 144 Å². The maximum Gasteiger partial charge on any atom is 0.220 e. The third-order valence-electron chi connectivity index (χ3n) is 8.08. The quantitative estimate of drug-likeness (QED) is 0.527. The normalized spacial score (nSPS) is 49.8. The Bertz CT molecular complexity index is 612. The summed E-state index contributed by atoms with van der Waals surface area (Å²) >= 11 is 0. The van der Waals surface area contributed by atoms with E-state index in [9.17, 15) is 14.7 Å². The van der Waals surface area contributed by atoms with Crippen molar-refractivity contribution in [1.29, 1.82) is 0 Å². The van der Waals surface area contributed by atoms with Gasteiger partial charge in [-0.2, -0.15) is 0 Å². The van der Waals surface area contributed by atoms with E-state index in [0.29, 0.717) is 42.1 Å². The second kappa shape index (κ2) is 5.34. The first kappa shape index (κ1) is 16.2. The van der Waals surface area contributed by atoms with E-state index in [0.717, 1.165) is 38.4 Å². The summed E-state index contributed by atoms with van der Waals surface area (Å²) in [6.07, 6.45) is 8.51. The number of allylic oxidation sites excluding steroid dienone is 1. The average Bonchev–Trinajstić information content (AvgIpc) is 2.53. The van der Waals surface area contributed by atoms with E-state index >= 15 is 0 Å². The van der Waals surface area contributed by atoms with E-state index in [1.54, 1.807) is 0 Å². The molecule has 0 bridgehead atoms. The fourth-order valence-corrected chi connectivity index (χ4v) is 6.80. The largest absolute Gasteiger partial charge is 0.515 e. The van der Waals surface area contributed by atoms with Gasteiger partial charge in [0.25, 0.3) is 0 Å². The van der Waals surface area contributed by atoms with Crippen molar-refractivity contribution in [2.45, 2.75) is 70.8 Å². The second-order valence-corrected chi connectivity index (χ2v) is 9.16. The molecule has 1 saturated heterocycles. The number of carbonyl (C=O) groups excluding carboxylic acids is 2. The molecule has 1 amide bonds. The summed E-state index contributed by atoms with van der Waals surface area (Å²) in [5.74, 6) is 2.61. The van der Waals surface area contributed by atoms with Crippen LogP contribution in [0.5, 0.6) is 0 Å². The number of amides is 1. The highest BCUT2D eigenvalue weighted by Crippen LogP contribution is 2.62. The van der Waals surface area contributed by atoms with E-state index in [1.807, 2.05) is 0 Å². The highest BCUT2D eigenvalue weighted by Gasteiger charge is 2.58. The Morgan fingerprint density at radius 1 is 1.12 bits per heavy atom. The number of ketones is 1. The minimum atomic E-state index is -0.0418. The Kier molecular flexibility index (Phi) is 3.59. The predicted molar refractivity (Wildman–Crippen MR) is 91.3 cm³/mol. The van der Waals surface area contributed by atoms with Gasteiger partial charge in [-0.05, 0) is 74.5 Å². The van der Waals surface area contributed by atoms with Crippen LogP contribution in [0.25, 0.3) is 0 Å². The van der Waals surface area contributed by atoms with Crippen molar-refractivity contribution < 1.29 is 14.7 Å². The molecule has 0 aromatic heterocycles. The molecule has 4 fully saturated rings. The lowest BCUT2D eigenvalue weighted by molar-refractivity contribution is -0.141. The summed E-state index contributed by atoms with van der Waals surface area (Å²) in [5.41, 5.74) is 0.702. The Morgan fingerprint density at radius 3 is 2.67 bits per heavy atom. The molecule has 3 unspecified atom stereocenters. The van der Waals surface area contributed by atoms with E-state index in [-0.39, 0.29) is 22.6 Å². The number of rotatable bonds is 0. The fourth-order valence-electron chi connectivity index (χ4n) is 6.80. The highest BCUT2D eigenvalue weighted by molar-refractivity contribution is 5.96. The number of piperidine rings is 1. The van der Waals surface area contributed by atoms with Crippen molar-refractivity contribution in [3.8, 4) is 0 Å². The first-order valence-corrected chi connectivity index (χ1v) is 9.55. The lowest BCUT2D eigenvalue weighted by Crippen LogP contribution is -2.63. The number of carbonyl (C=O) groups is 2. The van der Waals surface area contributed by atoms with Gasteiger partial charge in [-0.3, -0.25) is 9.59 Å². The zero-order valence-electron chi connectivity index (χ0n) is 14.8. The van der Waals surface area contributed by atoms with Gasteiger partial charge in [0.05, 0.1) is 6.26 Å². The van der Waals surface area contributed by atoms with E-state index in [4.69, 9.17) is 0 Å². The first-order chi connectivity index (χ1) is 11.4. The van der Waals surface area contributed by atoms with Crippen LogP contribution in [0.2, 0.25) is 0 Å². The molecular weight excluding hydrogens is 302 g/mol. The topological polar surface area (TPSA) is 66.4 Å². The molecule has 24 heavy (non-hydrogen) atoms. The number of hydrogen-bond donors (Lipinski definition) is 2. The number of aliphatic hydroxyl groups is 1. The van der Waals surface area contributed by atoms with Gasteiger partial charge in [0, 0.05) is 24.0 Å². The van der Waals surface area contributed by atoms with Gasteiger partial charge in [-0.25, -0.2) is 0 Å². The van der Waals surface area contributed by atoms with Gasteiger partial charge in [0.15, 0.2) is 5.78 Å². The summed E-state index contributed by atoms with van der Waals surface area (Å²) in [5, 5.41) is 12.8. The summed E-state index contributed by atoms with van der Waals surface area (Å²) in [6, 6.07) is 0. The van der Waals surface area contributed by atoms with Crippen LogP contribution in [0.1, 0.15) is 65.2 Å². The van der Waals surface area contributed by atoms with Crippen molar-refractivity contribution in [2.24, 2.45) is 29.1 Å². The molecule has 4 aliphatic rings. The maximum atomic E-state index is 12.2. The monoisotopic (exact) mass is 331 g/mol. The molecule has 0 aromatic rings. The molecule has 0 spiro atoms.